The minimum absolute atomic E-state index is 0.0187. The maximum atomic E-state index is 11.0. The van der Waals surface area contributed by atoms with E-state index in [9.17, 15) is 10.1 Å². The molecular formula is C12H12ClN4O3+. The number of H-pyrrole nitrogens is 1. The molecule has 0 fully saturated rings. The first kappa shape index (κ1) is 13.9. The number of aromatic nitrogens is 1. The second kappa shape index (κ2) is 5.62. The van der Waals surface area contributed by atoms with E-state index in [1.54, 1.807) is 31.4 Å². The molecule has 0 atom stereocenters. The zero-order valence-corrected chi connectivity index (χ0v) is 11.3. The van der Waals surface area contributed by atoms with E-state index in [0.717, 1.165) is 0 Å². The van der Waals surface area contributed by atoms with Gasteiger partial charge in [-0.1, -0.05) is 0 Å². The molecule has 0 radical (unpaired) electrons. The SMILES string of the molecule is COc1ccc(Nc2[nH+]c(Cl)cc(N)c2[N+](=O)[O-])cc1. The third kappa shape index (κ3) is 2.89. The van der Waals surface area contributed by atoms with Gasteiger partial charge in [-0.2, -0.15) is 0 Å². The fraction of sp³-hybridized carbons (Fsp3) is 0.0833. The lowest BCUT2D eigenvalue weighted by molar-refractivity contribution is -0.407. The number of aromatic amines is 1. The Morgan fingerprint density at radius 3 is 2.60 bits per heavy atom. The Morgan fingerprint density at radius 1 is 1.40 bits per heavy atom. The van der Waals surface area contributed by atoms with Crippen molar-refractivity contribution in [3.63, 3.8) is 0 Å². The summed E-state index contributed by atoms with van der Waals surface area (Å²) < 4.78 is 5.03. The topological polar surface area (TPSA) is 105 Å². The molecule has 1 aromatic heterocycles. The summed E-state index contributed by atoms with van der Waals surface area (Å²) in [5.41, 5.74) is 5.97. The van der Waals surface area contributed by atoms with Crippen LogP contribution in [0, 0.1) is 10.1 Å². The summed E-state index contributed by atoms with van der Waals surface area (Å²) in [7, 11) is 1.55. The van der Waals surface area contributed by atoms with Gasteiger partial charge < -0.3 is 10.5 Å². The van der Waals surface area contributed by atoms with Crippen LogP contribution in [0.25, 0.3) is 0 Å². The third-order valence-corrected chi connectivity index (χ3v) is 2.78. The molecule has 4 N–H and O–H groups in total. The summed E-state index contributed by atoms with van der Waals surface area (Å²) in [5, 5.41) is 14.1. The van der Waals surface area contributed by atoms with Crippen LogP contribution in [-0.2, 0) is 0 Å². The van der Waals surface area contributed by atoms with Gasteiger partial charge in [0, 0.05) is 6.07 Å². The molecule has 0 aliphatic carbocycles. The highest BCUT2D eigenvalue weighted by Crippen LogP contribution is 2.31. The zero-order chi connectivity index (χ0) is 14.7. The van der Waals surface area contributed by atoms with E-state index in [1.165, 1.54) is 6.07 Å². The number of anilines is 3. The van der Waals surface area contributed by atoms with Gasteiger partial charge in [0.2, 0.25) is 0 Å². The van der Waals surface area contributed by atoms with Crippen LogP contribution < -0.4 is 20.8 Å². The van der Waals surface area contributed by atoms with E-state index in [-0.39, 0.29) is 22.3 Å². The second-order valence-electron chi connectivity index (χ2n) is 3.91. The Bertz CT molecular complexity index is 646. The van der Waals surface area contributed by atoms with E-state index in [0.29, 0.717) is 11.4 Å². The van der Waals surface area contributed by atoms with Crippen molar-refractivity contribution in [3.8, 4) is 5.75 Å². The molecule has 8 heteroatoms. The van der Waals surface area contributed by atoms with Crippen molar-refractivity contribution in [2.24, 2.45) is 0 Å². The minimum atomic E-state index is -0.575. The van der Waals surface area contributed by atoms with Gasteiger partial charge in [0.1, 0.15) is 17.1 Å². The summed E-state index contributed by atoms with van der Waals surface area (Å²) in [6, 6.07) is 8.17. The van der Waals surface area contributed by atoms with Crippen LogP contribution in [-0.4, -0.2) is 12.0 Å². The standard InChI is InChI=1S/C12H11ClN4O3/c1-20-8-4-2-7(3-5-8)15-12-11(17(18)19)9(14)6-10(13)16-12/h2-6H,1H3,(H3,14,15,16)/p+1. The van der Waals surface area contributed by atoms with Gasteiger partial charge in [0.15, 0.2) is 5.15 Å². The van der Waals surface area contributed by atoms with Crippen molar-refractivity contribution in [3.05, 3.63) is 45.6 Å². The lowest BCUT2D eigenvalue weighted by Gasteiger charge is -2.03. The Morgan fingerprint density at radius 2 is 2.05 bits per heavy atom. The summed E-state index contributed by atoms with van der Waals surface area (Å²) in [5.74, 6) is 0.796. The molecule has 2 rings (SSSR count). The summed E-state index contributed by atoms with van der Waals surface area (Å²) in [6.07, 6.45) is 0. The van der Waals surface area contributed by atoms with E-state index in [4.69, 9.17) is 22.1 Å². The smallest absolute Gasteiger partial charge is 0.380 e. The molecule has 0 saturated heterocycles. The van der Waals surface area contributed by atoms with Gasteiger partial charge in [0.05, 0.1) is 12.0 Å². The largest absolute Gasteiger partial charge is 0.497 e. The molecule has 0 spiro atoms. The van der Waals surface area contributed by atoms with Crippen molar-refractivity contribution in [1.82, 2.24) is 0 Å². The number of hydrogen-bond acceptors (Lipinski definition) is 5. The molecule has 104 valence electrons. The fourth-order valence-corrected chi connectivity index (χ4v) is 1.88. The molecule has 0 bridgehead atoms. The highest BCUT2D eigenvalue weighted by atomic mass is 35.5. The van der Waals surface area contributed by atoms with Crippen LogP contribution in [0.1, 0.15) is 0 Å². The Hall–Kier alpha value is -2.54. The predicted octanol–water partition coefficient (Wildman–Crippen LogP) is 2.40. The number of hydrogen-bond donors (Lipinski definition) is 2. The number of nitro groups is 1. The molecule has 0 aliphatic heterocycles. The third-order valence-electron chi connectivity index (χ3n) is 2.58. The van der Waals surface area contributed by atoms with Gasteiger partial charge in [0.25, 0.3) is 0 Å². The molecule has 0 unspecified atom stereocenters. The highest BCUT2D eigenvalue weighted by Gasteiger charge is 2.26. The Labute approximate surface area is 119 Å². The van der Waals surface area contributed by atoms with Crippen LogP contribution in [0.3, 0.4) is 0 Å². The van der Waals surface area contributed by atoms with E-state index >= 15 is 0 Å². The van der Waals surface area contributed by atoms with Crippen LogP contribution in [0.15, 0.2) is 30.3 Å². The molecule has 0 amide bonds. The zero-order valence-electron chi connectivity index (χ0n) is 10.5. The average molecular weight is 296 g/mol. The van der Waals surface area contributed by atoms with Crippen molar-refractivity contribution in [1.29, 1.82) is 0 Å². The number of nitrogens with one attached hydrogen (secondary N) is 2. The Kier molecular flexibility index (Phi) is 3.90. The number of nitrogens with two attached hydrogens (primary N) is 1. The number of benzene rings is 1. The lowest BCUT2D eigenvalue weighted by Crippen LogP contribution is -2.15. The Balaban J connectivity index is 2.39. The van der Waals surface area contributed by atoms with Crippen LogP contribution >= 0.6 is 11.6 Å². The maximum absolute atomic E-state index is 11.0. The first-order valence-electron chi connectivity index (χ1n) is 5.58. The minimum Gasteiger partial charge on any atom is -0.497 e. The fourth-order valence-electron chi connectivity index (χ4n) is 1.67. The number of ether oxygens (including phenoxy) is 1. The van der Waals surface area contributed by atoms with Crippen molar-refractivity contribution >= 4 is 34.5 Å². The predicted molar refractivity (Wildman–Crippen MR) is 75.4 cm³/mol. The average Bonchev–Trinajstić information content (AvgIpc) is 2.38. The summed E-state index contributed by atoms with van der Waals surface area (Å²) in [6.45, 7) is 0. The van der Waals surface area contributed by atoms with Crippen LogP contribution in [0.2, 0.25) is 5.15 Å². The number of rotatable bonds is 4. The summed E-state index contributed by atoms with van der Waals surface area (Å²) in [4.78, 5) is 13.1. The summed E-state index contributed by atoms with van der Waals surface area (Å²) >= 11 is 5.82. The maximum Gasteiger partial charge on any atom is 0.380 e. The van der Waals surface area contributed by atoms with Crippen molar-refractivity contribution in [2.75, 3.05) is 18.2 Å². The monoisotopic (exact) mass is 295 g/mol. The molecule has 1 heterocycles. The van der Waals surface area contributed by atoms with Gasteiger partial charge >= 0.3 is 11.5 Å². The van der Waals surface area contributed by atoms with Crippen LogP contribution in [0.4, 0.5) is 22.9 Å². The molecule has 0 saturated carbocycles. The van der Waals surface area contributed by atoms with E-state index < -0.39 is 4.92 Å². The molecular weight excluding hydrogens is 284 g/mol. The first-order valence-corrected chi connectivity index (χ1v) is 5.96. The van der Waals surface area contributed by atoms with Gasteiger partial charge in [-0.05, 0) is 35.9 Å². The van der Waals surface area contributed by atoms with Crippen molar-refractivity contribution in [2.45, 2.75) is 0 Å². The number of halogens is 1. The molecule has 0 aliphatic rings. The molecule has 1 aromatic carbocycles. The number of pyridine rings is 1. The molecule has 7 nitrogen and oxygen atoms in total. The van der Waals surface area contributed by atoms with Crippen LogP contribution in [0.5, 0.6) is 5.75 Å². The van der Waals surface area contributed by atoms with Gasteiger partial charge in [-0.15, -0.1) is 0 Å². The first-order chi connectivity index (χ1) is 9.51. The molecule has 20 heavy (non-hydrogen) atoms. The number of methoxy groups -OCH3 is 1. The normalized spacial score (nSPS) is 10.1. The van der Waals surface area contributed by atoms with E-state index in [1.807, 2.05) is 0 Å². The van der Waals surface area contributed by atoms with Crippen molar-refractivity contribution < 1.29 is 14.6 Å². The molecule has 2 aromatic rings. The highest BCUT2D eigenvalue weighted by molar-refractivity contribution is 6.28. The van der Waals surface area contributed by atoms with Gasteiger partial charge in [-0.3, -0.25) is 10.1 Å². The van der Waals surface area contributed by atoms with Gasteiger partial charge in [-0.25, -0.2) is 10.3 Å². The quantitative estimate of drug-likeness (QED) is 0.512. The number of nitrogens with zero attached hydrogens (tertiary/aromatic N) is 1. The van der Waals surface area contributed by atoms with E-state index in [2.05, 4.69) is 10.3 Å². The second-order valence-corrected chi connectivity index (χ2v) is 4.31. The lowest BCUT2D eigenvalue weighted by atomic mass is 10.3. The number of nitrogen functional groups attached to an aromatic ring is 1.